The van der Waals surface area contributed by atoms with Crippen LogP contribution in [-0.2, 0) is 0 Å². The molecule has 3 rings (SSSR count). The Labute approximate surface area is 126 Å². The number of para-hydroxylation sites is 1. The molecule has 0 amide bonds. The summed E-state index contributed by atoms with van der Waals surface area (Å²) in [6, 6.07) is 10.5. The van der Waals surface area contributed by atoms with E-state index in [0.29, 0.717) is 0 Å². The van der Waals surface area contributed by atoms with Crippen molar-refractivity contribution in [2.24, 2.45) is 5.92 Å². The number of imidazole rings is 1. The first kappa shape index (κ1) is 14.1. The lowest BCUT2D eigenvalue weighted by atomic mass is 9.94. The fourth-order valence-electron chi connectivity index (χ4n) is 3.09. The minimum absolute atomic E-state index is 0.855. The molecule has 4 heteroatoms. The fraction of sp³-hybridized carbons (Fsp3) is 0.471. The minimum Gasteiger partial charge on any atom is -0.342 e. The molecule has 4 nitrogen and oxygen atoms in total. The molecule has 21 heavy (non-hydrogen) atoms. The summed E-state index contributed by atoms with van der Waals surface area (Å²) in [6.07, 6.45) is 7.78. The number of nitrogens with zero attached hydrogens (tertiary/aromatic N) is 3. The molecule has 1 aliphatic heterocycles. The topological polar surface area (TPSA) is 33.1 Å². The Morgan fingerprint density at radius 2 is 1.95 bits per heavy atom. The average Bonchev–Trinajstić information content (AvgIpc) is 3.04. The van der Waals surface area contributed by atoms with Crippen molar-refractivity contribution in [2.45, 2.75) is 19.3 Å². The second-order valence-electron chi connectivity index (χ2n) is 5.76. The van der Waals surface area contributed by atoms with E-state index in [-0.39, 0.29) is 0 Å². The number of anilines is 1. The van der Waals surface area contributed by atoms with Gasteiger partial charge in [-0.3, -0.25) is 4.57 Å². The Kier molecular flexibility index (Phi) is 4.55. The van der Waals surface area contributed by atoms with Gasteiger partial charge in [-0.2, -0.15) is 0 Å². The zero-order chi connectivity index (χ0) is 14.5. The van der Waals surface area contributed by atoms with E-state index in [1.54, 1.807) is 0 Å². The van der Waals surface area contributed by atoms with E-state index in [4.69, 9.17) is 0 Å². The Balaban J connectivity index is 1.68. The lowest BCUT2D eigenvalue weighted by molar-refractivity contribution is 0.375. The molecule has 2 aromatic rings. The Morgan fingerprint density at radius 3 is 2.67 bits per heavy atom. The highest BCUT2D eigenvalue weighted by molar-refractivity contribution is 5.43. The Bertz CT molecular complexity index is 541. The van der Waals surface area contributed by atoms with Crippen LogP contribution in [0.15, 0.2) is 42.7 Å². The number of piperidine rings is 1. The lowest BCUT2D eigenvalue weighted by Crippen LogP contribution is -2.36. The summed E-state index contributed by atoms with van der Waals surface area (Å²) < 4.78 is 2.19. The summed E-state index contributed by atoms with van der Waals surface area (Å²) >= 11 is 0. The number of hydrogen-bond donors (Lipinski definition) is 1. The molecule has 1 N–H and O–H groups in total. The van der Waals surface area contributed by atoms with Gasteiger partial charge in [-0.25, -0.2) is 4.98 Å². The first-order valence-electron chi connectivity index (χ1n) is 7.87. The van der Waals surface area contributed by atoms with E-state index in [1.807, 2.05) is 19.3 Å². The lowest BCUT2D eigenvalue weighted by Gasteiger charge is -2.33. The van der Waals surface area contributed by atoms with Crippen molar-refractivity contribution in [1.82, 2.24) is 14.9 Å². The SMILES string of the molecule is CNCCC1CCN(c2nccn2-c2ccccc2)CC1. The number of hydrogen-bond acceptors (Lipinski definition) is 3. The second kappa shape index (κ2) is 6.76. The molecule has 112 valence electrons. The van der Waals surface area contributed by atoms with Gasteiger partial charge in [0.1, 0.15) is 0 Å². The third kappa shape index (κ3) is 3.27. The molecule has 1 aliphatic rings. The molecule has 1 fully saturated rings. The highest BCUT2D eigenvalue weighted by atomic mass is 15.3. The summed E-state index contributed by atoms with van der Waals surface area (Å²) in [6.45, 7) is 3.35. The highest BCUT2D eigenvalue weighted by Crippen LogP contribution is 2.25. The van der Waals surface area contributed by atoms with Crippen molar-refractivity contribution in [2.75, 3.05) is 31.6 Å². The van der Waals surface area contributed by atoms with Crippen LogP contribution in [0.2, 0.25) is 0 Å². The number of nitrogens with one attached hydrogen (secondary N) is 1. The van der Waals surface area contributed by atoms with Gasteiger partial charge in [0.15, 0.2) is 0 Å². The molecule has 0 saturated carbocycles. The zero-order valence-corrected chi connectivity index (χ0v) is 12.7. The van der Waals surface area contributed by atoms with Gasteiger partial charge in [0.05, 0.1) is 0 Å². The summed E-state index contributed by atoms with van der Waals surface area (Å²) in [5, 5.41) is 3.25. The van der Waals surface area contributed by atoms with Crippen LogP contribution in [0, 0.1) is 5.92 Å². The van der Waals surface area contributed by atoms with E-state index in [9.17, 15) is 0 Å². The molecule has 0 atom stereocenters. The largest absolute Gasteiger partial charge is 0.342 e. The van der Waals surface area contributed by atoms with Crippen molar-refractivity contribution >= 4 is 5.95 Å². The number of rotatable bonds is 5. The maximum absolute atomic E-state index is 4.58. The molecule has 0 unspecified atom stereocenters. The summed E-state index contributed by atoms with van der Waals surface area (Å²) in [4.78, 5) is 7.00. The van der Waals surface area contributed by atoms with Crippen molar-refractivity contribution in [3.8, 4) is 5.69 Å². The second-order valence-corrected chi connectivity index (χ2v) is 5.76. The third-order valence-corrected chi connectivity index (χ3v) is 4.36. The smallest absolute Gasteiger partial charge is 0.210 e. The van der Waals surface area contributed by atoms with E-state index in [2.05, 4.69) is 50.2 Å². The van der Waals surface area contributed by atoms with Crippen LogP contribution in [0.4, 0.5) is 5.95 Å². The highest BCUT2D eigenvalue weighted by Gasteiger charge is 2.21. The van der Waals surface area contributed by atoms with Gasteiger partial charge in [0.2, 0.25) is 5.95 Å². The monoisotopic (exact) mass is 284 g/mol. The van der Waals surface area contributed by atoms with E-state index < -0.39 is 0 Å². The van der Waals surface area contributed by atoms with E-state index >= 15 is 0 Å². The molecule has 1 aromatic heterocycles. The van der Waals surface area contributed by atoms with Crippen LogP contribution in [0.3, 0.4) is 0 Å². The summed E-state index contributed by atoms with van der Waals surface area (Å²) in [5.41, 5.74) is 1.18. The van der Waals surface area contributed by atoms with E-state index in [1.165, 1.54) is 24.9 Å². The maximum Gasteiger partial charge on any atom is 0.210 e. The van der Waals surface area contributed by atoms with Crippen molar-refractivity contribution < 1.29 is 0 Å². The molecule has 0 bridgehead atoms. The fourth-order valence-corrected chi connectivity index (χ4v) is 3.09. The molecule has 0 aliphatic carbocycles. The number of benzene rings is 1. The molecular formula is C17H24N4. The molecule has 1 aromatic carbocycles. The average molecular weight is 284 g/mol. The van der Waals surface area contributed by atoms with Crippen LogP contribution in [0.1, 0.15) is 19.3 Å². The standard InChI is InChI=1S/C17H24N4/c1-18-10-7-15-8-12-20(13-9-15)17-19-11-14-21(17)16-5-3-2-4-6-16/h2-6,11,14-15,18H,7-10,12-13H2,1H3. The quantitative estimate of drug-likeness (QED) is 0.916. The molecule has 0 radical (unpaired) electrons. The minimum atomic E-state index is 0.855. The van der Waals surface area contributed by atoms with Gasteiger partial charge in [0, 0.05) is 31.2 Å². The van der Waals surface area contributed by atoms with Gasteiger partial charge in [-0.15, -0.1) is 0 Å². The van der Waals surface area contributed by atoms with Crippen LogP contribution in [0.25, 0.3) is 5.69 Å². The first-order chi connectivity index (χ1) is 10.4. The normalized spacial score (nSPS) is 16.3. The predicted octanol–water partition coefficient (Wildman–Crippen LogP) is 2.70. The Morgan fingerprint density at radius 1 is 1.19 bits per heavy atom. The summed E-state index contributed by atoms with van der Waals surface area (Å²) in [5.74, 6) is 1.93. The maximum atomic E-state index is 4.58. The zero-order valence-electron chi connectivity index (χ0n) is 12.7. The third-order valence-electron chi connectivity index (χ3n) is 4.36. The first-order valence-corrected chi connectivity index (χ1v) is 7.87. The van der Waals surface area contributed by atoms with Crippen LogP contribution in [0.5, 0.6) is 0 Å². The van der Waals surface area contributed by atoms with Crippen LogP contribution < -0.4 is 10.2 Å². The van der Waals surface area contributed by atoms with Crippen molar-refractivity contribution in [3.63, 3.8) is 0 Å². The van der Waals surface area contributed by atoms with Gasteiger partial charge < -0.3 is 10.2 Å². The van der Waals surface area contributed by atoms with Crippen molar-refractivity contribution in [3.05, 3.63) is 42.7 Å². The van der Waals surface area contributed by atoms with Crippen LogP contribution in [-0.4, -0.2) is 36.2 Å². The van der Waals surface area contributed by atoms with Gasteiger partial charge in [-0.1, -0.05) is 18.2 Å². The van der Waals surface area contributed by atoms with Gasteiger partial charge in [-0.05, 0) is 50.9 Å². The summed E-state index contributed by atoms with van der Waals surface area (Å²) in [7, 11) is 2.03. The molecule has 0 spiro atoms. The number of aromatic nitrogens is 2. The van der Waals surface area contributed by atoms with E-state index in [0.717, 1.165) is 31.5 Å². The van der Waals surface area contributed by atoms with Gasteiger partial charge >= 0.3 is 0 Å². The molecule has 2 heterocycles. The Hall–Kier alpha value is -1.81. The predicted molar refractivity (Wildman–Crippen MR) is 87.0 cm³/mol. The van der Waals surface area contributed by atoms with Crippen molar-refractivity contribution in [1.29, 1.82) is 0 Å². The van der Waals surface area contributed by atoms with Crippen LogP contribution >= 0.6 is 0 Å². The van der Waals surface area contributed by atoms with Gasteiger partial charge in [0.25, 0.3) is 0 Å². The molecule has 1 saturated heterocycles. The molecular weight excluding hydrogens is 260 g/mol.